The fourth-order valence-electron chi connectivity index (χ4n) is 2.71. The van der Waals surface area contributed by atoms with Gasteiger partial charge in [-0.25, -0.2) is 4.98 Å². The van der Waals surface area contributed by atoms with Gasteiger partial charge in [0.1, 0.15) is 5.82 Å². The first-order valence-corrected chi connectivity index (χ1v) is 7.10. The molecule has 5 heteroatoms. The number of hydrogen-bond donors (Lipinski definition) is 2. The third-order valence-corrected chi connectivity index (χ3v) is 3.79. The first kappa shape index (κ1) is 14.0. The molecule has 0 aromatic carbocycles. The van der Waals surface area contributed by atoms with Crippen molar-refractivity contribution < 1.29 is 4.79 Å². The summed E-state index contributed by atoms with van der Waals surface area (Å²) in [5.41, 5.74) is 0.318. The van der Waals surface area contributed by atoms with Crippen LogP contribution >= 0.6 is 0 Å². The molecule has 1 fully saturated rings. The minimum Gasteiger partial charge on any atom is -0.347 e. The molecule has 1 aliphatic carbocycles. The van der Waals surface area contributed by atoms with E-state index in [0.717, 1.165) is 18.7 Å². The Morgan fingerprint density at radius 3 is 2.79 bits per heavy atom. The van der Waals surface area contributed by atoms with Crippen LogP contribution in [0.4, 0.5) is 0 Å². The van der Waals surface area contributed by atoms with Gasteiger partial charge in [0.2, 0.25) is 5.82 Å². The summed E-state index contributed by atoms with van der Waals surface area (Å²) in [7, 11) is 0. The van der Waals surface area contributed by atoms with E-state index in [1.807, 2.05) is 13.8 Å². The molecule has 0 aliphatic heterocycles. The maximum Gasteiger partial charge on any atom is 0.291 e. The van der Waals surface area contributed by atoms with Gasteiger partial charge in [0.05, 0.1) is 0 Å². The lowest BCUT2D eigenvalue weighted by atomic mass is 9.75. The molecule has 1 aliphatic rings. The average molecular weight is 264 g/mol. The molecule has 1 heterocycles. The van der Waals surface area contributed by atoms with E-state index in [9.17, 15) is 4.79 Å². The number of aromatic amines is 1. The van der Waals surface area contributed by atoms with Crippen molar-refractivity contribution in [3.8, 4) is 0 Å². The zero-order chi connectivity index (χ0) is 14.0. The summed E-state index contributed by atoms with van der Waals surface area (Å²) in [5.74, 6) is 1.11. The smallest absolute Gasteiger partial charge is 0.291 e. The van der Waals surface area contributed by atoms with Crippen LogP contribution in [0.15, 0.2) is 0 Å². The standard InChI is InChI=1S/C14H24N4O/c1-9(2)11-16-12(18-17-11)13(19)15-10-6-5-7-14(3,4)8-10/h9-10H,5-8H2,1-4H3,(H,15,19)(H,16,17,18). The highest BCUT2D eigenvalue weighted by Gasteiger charge is 2.29. The summed E-state index contributed by atoms with van der Waals surface area (Å²) in [4.78, 5) is 16.3. The van der Waals surface area contributed by atoms with Crippen molar-refractivity contribution in [2.75, 3.05) is 0 Å². The average Bonchev–Trinajstić information content (AvgIpc) is 2.76. The van der Waals surface area contributed by atoms with Gasteiger partial charge in [-0.15, -0.1) is 5.10 Å². The van der Waals surface area contributed by atoms with Gasteiger partial charge in [0.25, 0.3) is 5.91 Å². The lowest BCUT2D eigenvalue weighted by Crippen LogP contribution is -2.41. The molecule has 0 bridgehead atoms. The highest BCUT2D eigenvalue weighted by molar-refractivity contribution is 5.90. The second-order valence-electron chi connectivity index (χ2n) is 6.63. The zero-order valence-corrected chi connectivity index (χ0v) is 12.3. The number of nitrogens with one attached hydrogen (secondary N) is 2. The molecule has 5 nitrogen and oxygen atoms in total. The van der Waals surface area contributed by atoms with Crippen LogP contribution in [-0.2, 0) is 0 Å². The third-order valence-electron chi connectivity index (χ3n) is 3.79. The second-order valence-corrected chi connectivity index (χ2v) is 6.63. The Morgan fingerprint density at radius 2 is 2.21 bits per heavy atom. The molecule has 2 N–H and O–H groups in total. The van der Waals surface area contributed by atoms with Crippen molar-refractivity contribution in [3.63, 3.8) is 0 Å². The summed E-state index contributed by atoms with van der Waals surface area (Å²) in [6.45, 7) is 8.56. The molecule has 0 spiro atoms. The Kier molecular flexibility index (Phi) is 3.92. The van der Waals surface area contributed by atoms with Gasteiger partial charge in [-0.3, -0.25) is 9.89 Å². The number of nitrogens with zero attached hydrogens (tertiary/aromatic N) is 2. The van der Waals surface area contributed by atoms with Crippen molar-refractivity contribution in [1.82, 2.24) is 20.5 Å². The van der Waals surface area contributed by atoms with Crippen LogP contribution in [-0.4, -0.2) is 27.1 Å². The quantitative estimate of drug-likeness (QED) is 0.881. The number of carbonyl (C=O) groups excluding carboxylic acids is 1. The fourth-order valence-corrected chi connectivity index (χ4v) is 2.71. The van der Waals surface area contributed by atoms with E-state index in [1.165, 1.54) is 12.8 Å². The van der Waals surface area contributed by atoms with Gasteiger partial charge in [-0.05, 0) is 24.7 Å². The first-order chi connectivity index (χ1) is 8.87. The summed E-state index contributed by atoms with van der Waals surface area (Å²) in [5, 5.41) is 9.87. The number of H-pyrrole nitrogens is 1. The Labute approximate surface area is 114 Å². The van der Waals surface area contributed by atoms with Crippen LogP contribution in [0.25, 0.3) is 0 Å². The molecule has 1 aromatic heterocycles. The molecule has 1 saturated carbocycles. The molecule has 0 radical (unpaired) electrons. The molecule has 19 heavy (non-hydrogen) atoms. The van der Waals surface area contributed by atoms with Crippen molar-refractivity contribution in [2.45, 2.75) is 65.3 Å². The molecule has 1 atom stereocenters. The molecule has 106 valence electrons. The van der Waals surface area contributed by atoms with Gasteiger partial charge in [0, 0.05) is 12.0 Å². The highest BCUT2D eigenvalue weighted by Crippen LogP contribution is 2.35. The molecule has 1 unspecified atom stereocenters. The van der Waals surface area contributed by atoms with Crippen LogP contribution in [0.5, 0.6) is 0 Å². The number of hydrogen-bond acceptors (Lipinski definition) is 3. The van der Waals surface area contributed by atoms with E-state index in [1.54, 1.807) is 0 Å². The van der Waals surface area contributed by atoms with Crippen molar-refractivity contribution in [1.29, 1.82) is 0 Å². The van der Waals surface area contributed by atoms with Crippen LogP contribution in [0, 0.1) is 5.41 Å². The molecule has 0 saturated heterocycles. The Morgan fingerprint density at radius 1 is 1.47 bits per heavy atom. The van der Waals surface area contributed by atoms with Gasteiger partial charge >= 0.3 is 0 Å². The van der Waals surface area contributed by atoms with Crippen molar-refractivity contribution in [3.05, 3.63) is 11.6 Å². The van der Waals surface area contributed by atoms with E-state index in [0.29, 0.717) is 5.41 Å². The Balaban J connectivity index is 1.96. The number of amides is 1. The van der Waals surface area contributed by atoms with E-state index in [4.69, 9.17) is 0 Å². The van der Waals surface area contributed by atoms with E-state index >= 15 is 0 Å². The summed E-state index contributed by atoms with van der Waals surface area (Å²) in [6, 6.07) is 0.247. The minimum absolute atomic E-state index is 0.161. The van der Waals surface area contributed by atoms with Gasteiger partial charge in [-0.1, -0.05) is 34.1 Å². The van der Waals surface area contributed by atoms with Crippen LogP contribution in [0.1, 0.15) is 75.7 Å². The highest BCUT2D eigenvalue weighted by atomic mass is 16.2. The molecule has 2 rings (SSSR count). The fraction of sp³-hybridized carbons (Fsp3) is 0.786. The van der Waals surface area contributed by atoms with Gasteiger partial charge < -0.3 is 5.32 Å². The summed E-state index contributed by atoms with van der Waals surface area (Å²) in [6.07, 6.45) is 4.48. The topological polar surface area (TPSA) is 70.7 Å². The SMILES string of the molecule is CC(C)c1nc(C(=O)NC2CCCC(C)(C)C2)n[nH]1. The number of rotatable bonds is 3. The molecular formula is C14H24N4O. The van der Waals surface area contributed by atoms with Crippen LogP contribution in [0.3, 0.4) is 0 Å². The number of carbonyl (C=O) groups is 1. The largest absolute Gasteiger partial charge is 0.347 e. The Bertz CT molecular complexity index is 450. The zero-order valence-electron chi connectivity index (χ0n) is 12.3. The minimum atomic E-state index is -0.161. The maximum absolute atomic E-state index is 12.1. The lowest BCUT2D eigenvalue weighted by Gasteiger charge is -2.35. The van der Waals surface area contributed by atoms with Gasteiger partial charge in [0.15, 0.2) is 0 Å². The molecular weight excluding hydrogens is 240 g/mol. The normalized spacial score (nSPS) is 22.5. The summed E-state index contributed by atoms with van der Waals surface area (Å²) < 4.78 is 0. The predicted octanol–water partition coefficient (Wildman–Crippen LogP) is 2.63. The van der Waals surface area contributed by atoms with E-state index in [2.05, 4.69) is 34.3 Å². The van der Waals surface area contributed by atoms with Gasteiger partial charge in [-0.2, -0.15) is 0 Å². The molecule has 1 aromatic rings. The second kappa shape index (κ2) is 5.31. The van der Waals surface area contributed by atoms with E-state index in [-0.39, 0.29) is 23.7 Å². The van der Waals surface area contributed by atoms with Crippen molar-refractivity contribution >= 4 is 5.91 Å². The maximum atomic E-state index is 12.1. The summed E-state index contributed by atoms with van der Waals surface area (Å²) >= 11 is 0. The molecule has 1 amide bonds. The van der Waals surface area contributed by atoms with Crippen LogP contribution in [0.2, 0.25) is 0 Å². The monoisotopic (exact) mass is 264 g/mol. The first-order valence-electron chi connectivity index (χ1n) is 7.10. The Hall–Kier alpha value is -1.39. The van der Waals surface area contributed by atoms with Crippen LogP contribution < -0.4 is 5.32 Å². The third kappa shape index (κ3) is 3.55. The predicted molar refractivity (Wildman–Crippen MR) is 74.0 cm³/mol. The van der Waals surface area contributed by atoms with E-state index < -0.39 is 0 Å². The lowest BCUT2D eigenvalue weighted by molar-refractivity contribution is 0.0892. The van der Waals surface area contributed by atoms with Crippen molar-refractivity contribution in [2.24, 2.45) is 5.41 Å². The number of aromatic nitrogens is 3.